The minimum absolute atomic E-state index is 0.121. The first-order valence-electron chi connectivity index (χ1n) is 13.7. The number of ether oxygens (including phenoxy) is 3. The maximum absolute atomic E-state index is 15.7. The first kappa shape index (κ1) is 29.7. The van der Waals surface area contributed by atoms with Crippen LogP contribution in [0.3, 0.4) is 0 Å². The van der Waals surface area contributed by atoms with Crippen molar-refractivity contribution in [3.8, 4) is 0 Å². The van der Waals surface area contributed by atoms with Crippen LogP contribution in [-0.4, -0.2) is 114 Å². The third-order valence-corrected chi connectivity index (χ3v) is 7.63. The lowest BCUT2D eigenvalue weighted by molar-refractivity contribution is -0.110. The highest BCUT2D eigenvalue weighted by molar-refractivity contribution is 5.93. The van der Waals surface area contributed by atoms with E-state index < -0.39 is 13.0 Å². The number of benzene rings is 1. The van der Waals surface area contributed by atoms with Crippen molar-refractivity contribution in [3.05, 3.63) is 47.5 Å². The maximum atomic E-state index is 15.7. The summed E-state index contributed by atoms with van der Waals surface area (Å²) < 4.78 is 56.6. The fourth-order valence-corrected chi connectivity index (χ4v) is 5.13. The Balaban J connectivity index is 1.36. The van der Waals surface area contributed by atoms with Crippen molar-refractivity contribution < 1.29 is 32.2 Å². The van der Waals surface area contributed by atoms with Crippen LogP contribution in [-0.2, 0) is 25.5 Å². The highest BCUT2D eigenvalue weighted by Gasteiger charge is 2.32. The van der Waals surface area contributed by atoms with Gasteiger partial charge in [0.1, 0.15) is 5.82 Å². The van der Waals surface area contributed by atoms with E-state index in [0.717, 1.165) is 32.7 Å². The third kappa shape index (κ3) is 6.66. The van der Waals surface area contributed by atoms with Crippen molar-refractivity contribution in [2.45, 2.75) is 25.1 Å². The molecule has 226 valence electrons. The number of pyridine rings is 1. The summed E-state index contributed by atoms with van der Waals surface area (Å²) in [5, 5.41) is 7.04. The minimum atomic E-state index is -2.67. The van der Waals surface area contributed by atoms with Gasteiger partial charge in [-0.15, -0.1) is 5.10 Å². The molecule has 0 spiro atoms. The molecule has 1 aromatic heterocycles. The Morgan fingerprint density at radius 3 is 2.45 bits per heavy atom. The van der Waals surface area contributed by atoms with Gasteiger partial charge in [-0.2, -0.15) is 5.10 Å². The van der Waals surface area contributed by atoms with E-state index in [4.69, 9.17) is 14.2 Å². The van der Waals surface area contributed by atoms with Gasteiger partial charge in [-0.1, -0.05) is 0 Å². The largest absolute Gasteiger partial charge is 0.470 e. The van der Waals surface area contributed by atoms with Gasteiger partial charge >= 0.3 is 0 Å². The van der Waals surface area contributed by atoms with Crippen molar-refractivity contribution in [3.63, 3.8) is 0 Å². The Labute approximate surface area is 242 Å². The average Bonchev–Trinajstić information content (AvgIpc) is 2.93. The van der Waals surface area contributed by atoms with Crippen molar-refractivity contribution in [1.29, 1.82) is 0 Å². The van der Waals surface area contributed by atoms with Gasteiger partial charge in [0.15, 0.2) is 6.61 Å². The first-order valence-corrected chi connectivity index (χ1v) is 13.7. The smallest absolute Gasteiger partial charge is 0.272 e. The lowest BCUT2D eigenvalue weighted by atomic mass is 10.1. The van der Waals surface area contributed by atoms with E-state index in [-0.39, 0.29) is 24.3 Å². The lowest BCUT2D eigenvalue weighted by Gasteiger charge is -2.43. The van der Waals surface area contributed by atoms with Crippen molar-refractivity contribution in [2.75, 3.05) is 81.0 Å². The summed E-state index contributed by atoms with van der Waals surface area (Å²) >= 11 is 0. The normalized spacial score (nSPS) is 18.4. The summed E-state index contributed by atoms with van der Waals surface area (Å²) in [5.74, 6) is -0.502. The molecule has 3 aliphatic rings. The molecule has 0 atom stereocenters. The van der Waals surface area contributed by atoms with Crippen LogP contribution in [0.2, 0.25) is 0 Å². The van der Waals surface area contributed by atoms with Crippen LogP contribution in [0.15, 0.2) is 40.7 Å². The number of carbonyl (C=O) groups excluding carboxylic acids is 1. The highest BCUT2D eigenvalue weighted by atomic mass is 19.3. The quantitative estimate of drug-likeness (QED) is 0.161. The fourth-order valence-electron chi connectivity index (χ4n) is 5.13. The second-order valence-corrected chi connectivity index (χ2v) is 10.4. The molecule has 11 nitrogen and oxygen atoms in total. The highest BCUT2D eigenvalue weighted by Crippen LogP contribution is 2.38. The number of hydrogen-bond acceptors (Lipinski definition) is 10. The van der Waals surface area contributed by atoms with Gasteiger partial charge in [0.05, 0.1) is 73.4 Å². The van der Waals surface area contributed by atoms with E-state index in [1.807, 2.05) is 9.80 Å². The number of alkyl halides is 2. The Morgan fingerprint density at radius 2 is 1.90 bits per heavy atom. The van der Waals surface area contributed by atoms with Crippen molar-refractivity contribution in [2.24, 2.45) is 10.2 Å². The second-order valence-electron chi connectivity index (χ2n) is 10.4. The van der Waals surface area contributed by atoms with Crippen LogP contribution in [0.4, 0.5) is 30.2 Å². The molecule has 0 saturated carbocycles. The summed E-state index contributed by atoms with van der Waals surface area (Å²) in [6.07, 6.45) is -0.481. The Kier molecular flexibility index (Phi) is 9.55. The molecule has 0 N–H and O–H groups in total. The van der Waals surface area contributed by atoms with Crippen LogP contribution in [0.25, 0.3) is 0 Å². The molecule has 3 aliphatic heterocycles. The number of hydrogen-bond donors (Lipinski definition) is 0. The molecule has 0 bridgehead atoms. The van der Waals surface area contributed by atoms with Gasteiger partial charge in [0, 0.05) is 52.2 Å². The minimum Gasteiger partial charge on any atom is -0.470 e. The van der Waals surface area contributed by atoms with Crippen LogP contribution in [0.1, 0.15) is 11.3 Å². The molecule has 0 aliphatic carbocycles. The molecular weight excluding hydrogens is 555 g/mol. The van der Waals surface area contributed by atoms with E-state index >= 15 is 4.39 Å². The molecule has 1 aromatic carbocycles. The predicted octanol–water partition coefficient (Wildman–Crippen LogP) is 2.38. The topological polar surface area (TPSA) is 95.3 Å². The number of aromatic nitrogens is 1. The zero-order chi connectivity index (χ0) is 29.6. The van der Waals surface area contributed by atoms with Gasteiger partial charge < -0.3 is 28.9 Å². The number of piperazine rings is 1. The molecule has 0 radical (unpaired) electrons. The summed E-state index contributed by atoms with van der Waals surface area (Å²) in [7, 11) is 1.79. The van der Waals surface area contributed by atoms with E-state index in [2.05, 4.69) is 26.8 Å². The van der Waals surface area contributed by atoms with Gasteiger partial charge in [0.2, 0.25) is 12.3 Å². The summed E-state index contributed by atoms with van der Waals surface area (Å²) in [5.41, 5.74) is 2.51. The van der Waals surface area contributed by atoms with Crippen LogP contribution in [0, 0.1) is 5.82 Å². The predicted molar refractivity (Wildman–Crippen MR) is 152 cm³/mol. The number of amides is 1. The standard InChI is InChI=1S/C28H34F3N7O4/c1-32-34-28(42-17-27(30)31)19-3-4-20(33-11-19)12-35(2)25-9-23(29)24(10-26(25)38(18-39)22-15-41-16-22)37-7-5-36(6-8-37)21-13-40-14-21/h3-4,9-11,18,21-22,27H,1,5-8,12-17H2,2H3/b34-28-. The molecule has 2 aromatic rings. The van der Waals surface area contributed by atoms with Crippen LogP contribution >= 0.6 is 0 Å². The van der Waals surface area contributed by atoms with Gasteiger partial charge in [0.25, 0.3) is 6.43 Å². The van der Waals surface area contributed by atoms with E-state index in [1.54, 1.807) is 30.1 Å². The van der Waals surface area contributed by atoms with Gasteiger partial charge in [-0.25, -0.2) is 13.2 Å². The summed E-state index contributed by atoms with van der Waals surface area (Å²) in [6, 6.07) is 6.79. The average molecular weight is 590 g/mol. The molecule has 5 rings (SSSR count). The molecule has 1 amide bonds. The number of anilines is 3. The number of halogens is 3. The van der Waals surface area contributed by atoms with E-state index in [9.17, 15) is 13.6 Å². The Bertz CT molecular complexity index is 1270. The number of nitrogens with zero attached hydrogens (tertiary/aromatic N) is 7. The number of carbonyl (C=O) groups is 1. The zero-order valence-corrected chi connectivity index (χ0v) is 23.4. The monoisotopic (exact) mass is 589 g/mol. The maximum Gasteiger partial charge on any atom is 0.272 e. The SMILES string of the molecule is C=N/N=C(\OCC(F)F)c1ccc(CN(C)c2cc(F)c(N3CCN(C4COC4)CC3)cc2N(C=O)C2COC2)nc1. The molecule has 4 heterocycles. The first-order chi connectivity index (χ1) is 20.4. The van der Waals surface area contributed by atoms with E-state index in [1.165, 1.54) is 12.3 Å². The molecular formula is C28H34F3N7O4. The third-order valence-electron chi connectivity index (χ3n) is 7.63. The zero-order valence-electron chi connectivity index (χ0n) is 23.4. The summed E-state index contributed by atoms with van der Waals surface area (Å²) in [6.45, 7) is 7.90. The molecule has 3 saturated heterocycles. The second kappa shape index (κ2) is 13.5. The van der Waals surface area contributed by atoms with Crippen molar-refractivity contribution in [1.82, 2.24) is 9.88 Å². The molecule has 42 heavy (non-hydrogen) atoms. The Hall–Kier alpha value is -3.75. The molecule has 0 unspecified atom stereocenters. The van der Waals surface area contributed by atoms with Crippen molar-refractivity contribution >= 4 is 36.1 Å². The van der Waals surface area contributed by atoms with Crippen LogP contribution < -0.4 is 14.7 Å². The van der Waals surface area contributed by atoms with Crippen LogP contribution in [0.5, 0.6) is 0 Å². The van der Waals surface area contributed by atoms with Gasteiger partial charge in [-0.3, -0.25) is 14.7 Å². The molecule has 14 heteroatoms. The lowest BCUT2D eigenvalue weighted by Crippen LogP contribution is -2.56. The Morgan fingerprint density at radius 1 is 1.17 bits per heavy atom. The summed E-state index contributed by atoms with van der Waals surface area (Å²) in [4.78, 5) is 24.5. The fraction of sp³-hybridized carbons (Fsp3) is 0.500. The van der Waals surface area contributed by atoms with Gasteiger partial charge in [-0.05, 0) is 18.2 Å². The van der Waals surface area contributed by atoms with E-state index in [0.29, 0.717) is 60.7 Å². The number of rotatable bonds is 12. The molecule has 3 fully saturated rings.